The van der Waals surface area contributed by atoms with Gasteiger partial charge in [-0.2, -0.15) is 0 Å². The molecule has 0 aromatic carbocycles. The molecule has 2 heteroatoms. The summed E-state index contributed by atoms with van der Waals surface area (Å²) < 4.78 is 3.15. The molecule has 0 saturated heterocycles. The van der Waals surface area contributed by atoms with Crippen LogP contribution in [0.3, 0.4) is 0 Å². The number of nitrogens with one attached hydrogen (secondary N) is 1. The van der Waals surface area contributed by atoms with E-state index in [1.54, 1.807) is 0 Å². The predicted octanol–water partition coefficient (Wildman–Crippen LogP) is -0.198. The van der Waals surface area contributed by atoms with Gasteiger partial charge in [0.15, 0.2) is 0 Å². The second-order valence-electron chi connectivity index (χ2n) is 0.954. The van der Waals surface area contributed by atoms with Crippen LogP contribution in [-0.4, -0.2) is 29.3 Å². The zero-order chi connectivity index (χ0) is 4.12. The maximum absolute atomic E-state index is 3.15. The van der Waals surface area contributed by atoms with Gasteiger partial charge in [-0.15, -0.1) is 0 Å². The van der Waals surface area contributed by atoms with Crippen LogP contribution in [0.2, 0.25) is 0 Å². The Morgan fingerprint density at radius 1 is 1.80 bits per heavy atom. The summed E-state index contributed by atoms with van der Waals surface area (Å²) in [5, 5.41) is 0. The Morgan fingerprint density at radius 2 is 2.40 bits per heavy atom. The third-order valence-electron chi connectivity index (χ3n) is 0.394. The van der Waals surface area contributed by atoms with Gasteiger partial charge in [-0.05, 0) is 0 Å². The van der Waals surface area contributed by atoms with Crippen LogP contribution in [0.5, 0.6) is 0 Å². The van der Waals surface area contributed by atoms with Gasteiger partial charge < -0.3 is 0 Å². The molecule has 1 N–H and O–H groups in total. The topological polar surface area (TPSA) is 12.0 Å². The van der Waals surface area contributed by atoms with Crippen LogP contribution in [0.25, 0.3) is 0 Å². The van der Waals surface area contributed by atoms with Crippen molar-refractivity contribution in [1.82, 2.24) is 3.54 Å². The van der Waals surface area contributed by atoms with Crippen molar-refractivity contribution in [2.45, 2.75) is 13.3 Å². The minimum atomic E-state index is 1.20. The van der Waals surface area contributed by atoms with E-state index in [0.29, 0.717) is 0 Å². The van der Waals surface area contributed by atoms with E-state index in [1.807, 2.05) is 0 Å². The Morgan fingerprint density at radius 3 is 2.40 bits per heavy atom. The van der Waals surface area contributed by atoms with Crippen molar-refractivity contribution in [3.8, 4) is 0 Å². The molecular weight excluding hydrogens is 169 g/mol. The molecule has 30 valence electrons. The molecule has 0 unspecified atom stereocenters. The quantitative estimate of drug-likeness (QED) is 0.577. The molecule has 1 nitrogen and oxygen atoms in total. The van der Waals surface area contributed by atoms with Gasteiger partial charge in [-0.1, -0.05) is 0 Å². The van der Waals surface area contributed by atoms with Crippen molar-refractivity contribution in [2.24, 2.45) is 0 Å². The van der Waals surface area contributed by atoms with E-state index in [-0.39, 0.29) is 0 Å². The summed E-state index contributed by atoms with van der Waals surface area (Å²) in [6.45, 7) is 3.37. The molecule has 0 rings (SSSR count). The Bertz CT molecular complexity index is 14.4. The molecule has 0 amide bonds. The molecule has 0 heterocycles. The molecule has 5 heavy (non-hydrogen) atoms. The van der Waals surface area contributed by atoms with Crippen LogP contribution in [-0.2, 0) is 0 Å². The first-order valence-electron chi connectivity index (χ1n) is 1.85. The Labute approximate surface area is 46.6 Å². The second kappa shape index (κ2) is 4.76. The van der Waals surface area contributed by atoms with Crippen LogP contribution in [0.4, 0.5) is 0 Å². The molecule has 0 bridgehead atoms. The van der Waals surface area contributed by atoms with E-state index in [9.17, 15) is 0 Å². The van der Waals surface area contributed by atoms with Crippen molar-refractivity contribution in [3.63, 3.8) is 0 Å². The summed E-state index contributed by atoms with van der Waals surface area (Å²) in [6.07, 6.45) is 1.27. The zero-order valence-corrected chi connectivity index (χ0v) is 6.79. The van der Waals surface area contributed by atoms with Crippen LogP contribution >= 0.6 is 0 Å². The first kappa shape index (κ1) is 5.76. The number of hydrogen-bond donors (Lipinski definition) is 1. The fourth-order valence-corrected chi connectivity index (χ4v) is 0.968. The number of rotatable bonds is 2. The van der Waals surface area contributed by atoms with E-state index in [1.165, 1.54) is 35.8 Å². The van der Waals surface area contributed by atoms with Crippen molar-refractivity contribution in [1.29, 1.82) is 0 Å². The summed E-state index contributed by atoms with van der Waals surface area (Å²) in [7, 11) is 0. The Balaban J connectivity index is 2.19. The predicted molar refractivity (Wildman–Crippen MR) is 25.4 cm³/mol. The standard InChI is InChI=1S/C3H8N.Sn.H/c1-2-3-4;;/h4H,2-3H2,1H3;;/q-1;+1;. The normalized spacial score (nSPS) is 8.40. The average Bonchev–Trinajstić information content (AvgIpc) is 1.41. The Hall–Kier alpha value is 0.759. The SMILES string of the molecule is CCC[NH][SnH]. The van der Waals surface area contributed by atoms with Crippen molar-refractivity contribution < 1.29 is 0 Å². The summed E-state index contributed by atoms with van der Waals surface area (Å²) in [6, 6.07) is 0. The molecule has 0 aromatic heterocycles. The molecule has 0 aromatic rings. The molecule has 0 aliphatic carbocycles. The molecule has 0 saturated carbocycles. The molecule has 0 atom stereocenters. The first-order valence-corrected chi connectivity index (χ1v) is 3.50. The zero-order valence-electron chi connectivity index (χ0n) is 3.49. The van der Waals surface area contributed by atoms with Gasteiger partial charge in [0.25, 0.3) is 0 Å². The molecular formula is C3H9NSn. The Kier molecular flexibility index (Phi) is 5.48. The van der Waals surface area contributed by atoms with Gasteiger partial charge in [-0.25, -0.2) is 0 Å². The molecule has 2 radical (unpaired) electrons. The molecule has 0 spiro atoms. The van der Waals surface area contributed by atoms with Crippen molar-refractivity contribution in [3.05, 3.63) is 0 Å². The van der Waals surface area contributed by atoms with Crippen molar-refractivity contribution >= 4 is 22.8 Å². The summed E-state index contributed by atoms with van der Waals surface area (Å²) in [5.74, 6) is 0. The molecule has 0 aliphatic heterocycles. The summed E-state index contributed by atoms with van der Waals surface area (Å²) in [5.41, 5.74) is 0. The van der Waals surface area contributed by atoms with Gasteiger partial charge in [0, 0.05) is 0 Å². The fourth-order valence-electron chi connectivity index (χ4n) is 0.144. The number of hydrogen-bond acceptors (Lipinski definition) is 1. The van der Waals surface area contributed by atoms with Crippen LogP contribution in [0.15, 0.2) is 0 Å². The third-order valence-corrected chi connectivity index (χ3v) is 1.22. The molecule has 0 fully saturated rings. The van der Waals surface area contributed by atoms with Gasteiger partial charge in [-0.3, -0.25) is 0 Å². The monoisotopic (exact) mass is 179 g/mol. The van der Waals surface area contributed by atoms with Gasteiger partial charge in [0.1, 0.15) is 0 Å². The first-order chi connectivity index (χ1) is 2.41. The van der Waals surface area contributed by atoms with Crippen molar-refractivity contribution in [2.75, 3.05) is 6.54 Å². The fraction of sp³-hybridized carbons (Fsp3) is 1.00. The summed E-state index contributed by atoms with van der Waals surface area (Å²) in [4.78, 5) is 0. The maximum atomic E-state index is 3.15. The van der Waals surface area contributed by atoms with Gasteiger partial charge in [0.05, 0.1) is 0 Å². The second-order valence-corrected chi connectivity index (χ2v) is 2.12. The van der Waals surface area contributed by atoms with E-state index >= 15 is 0 Å². The van der Waals surface area contributed by atoms with Crippen LogP contribution in [0, 0.1) is 0 Å². The minimum absolute atomic E-state index is 1.20. The average molecular weight is 178 g/mol. The summed E-state index contributed by atoms with van der Waals surface area (Å²) >= 11 is 1.20. The van der Waals surface area contributed by atoms with E-state index in [0.717, 1.165) is 0 Å². The molecule has 0 aliphatic rings. The van der Waals surface area contributed by atoms with Gasteiger partial charge in [0.2, 0.25) is 0 Å². The van der Waals surface area contributed by atoms with Crippen LogP contribution in [0.1, 0.15) is 13.3 Å². The van der Waals surface area contributed by atoms with E-state index in [4.69, 9.17) is 0 Å². The van der Waals surface area contributed by atoms with Crippen LogP contribution < -0.4 is 3.54 Å². The van der Waals surface area contributed by atoms with E-state index in [2.05, 4.69) is 10.5 Å². The third kappa shape index (κ3) is 4.76. The van der Waals surface area contributed by atoms with Gasteiger partial charge >= 0.3 is 46.2 Å². The van der Waals surface area contributed by atoms with E-state index < -0.39 is 0 Å².